The van der Waals surface area contributed by atoms with Crippen LogP contribution in [0.5, 0.6) is 0 Å². The van der Waals surface area contributed by atoms with E-state index in [-0.39, 0.29) is 5.78 Å². The summed E-state index contributed by atoms with van der Waals surface area (Å²) < 4.78 is 0. The van der Waals surface area contributed by atoms with Gasteiger partial charge in [-0.1, -0.05) is 6.07 Å². The molecule has 1 aromatic carbocycles. The van der Waals surface area contributed by atoms with Gasteiger partial charge in [0.05, 0.1) is 0 Å². The number of rotatable bonds is 0. The SMILES string of the molecule is Cc1cc2c(cc1C)C(=O)c1c(csc1C)C2. The molecule has 0 atom stereocenters. The van der Waals surface area contributed by atoms with Crippen LogP contribution in [-0.2, 0) is 6.42 Å². The van der Waals surface area contributed by atoms with Crippen LogP contribution in [0, 0.1) is 20.8 Å². The summed E-state index contributed by atoms with van der Waals surface area (Å²) in [5.74, 6) is 0.211. The maximum absolute atomic E-state index is 12.5. The van der Waals surface area contributed by atoms with Crippen LogP contribution in [0.25, 0.3) is 0 Å². The van der Waals surface area contributed by atoms with Gasteiger partial charge in [-0.2, -0.15) is 0 Å². The lowest BCUT2D eigenvalue weighted by Crippen LogP contribution is -2.15. The van der Waals surface area contributed by atoms with Crippen molar-refractivity contribution >= 4 is 17.1 Å². The Morgan fingerprint density at radius 1 is 1.06 bits per heavy atom. The first kappa shape index (κ1) is 10.7. The zero-order valence-electron chi connectivity index (χ0n) is 10.3. The van der Waals surface area contributed by atoms with Crippen molar-refractivity contribution in [2.24, 2.45) is 0 Å². The van der Waals surface area contributed by atoms with Crippen LogP contribution in [0.15, 0.2) is 17.5 Å². The minimum absolute atomic E-state index is 0.211. The molecule has 0 fully saturated rings. The van der Waals surface area contributed by atoms with Crippen LogP contribution in [0.4, 0.5) is 0 Å². The second kappa shape index (κ2) is 3.54. The number of thiophene rings is 1. The summed E-state index contributed by atoms with van der Waals surface area (Å²) in [6.45, 7) is 6.21. The van der Waals surface area contributed by atoms with Gasteiger partial charge in [0.25, 0.3) is 0 Å². The molecule has 86 valence electrons. The Labute approximate surface area is 105 Å². The number of carbonyl (C=O) groups excluding carboxylic acids is 1. The molecule has 17 heavy (non-hydrogen) atoms. The van der Waals surface area contributed by atoms with E-state index in [4.69, 9.17) is 0 Å². The molecule has 0 amide bonds. The summed E-state index contributed by atoms with van der Waals surface area (Å²) in [5, 5.41) is 2.13. The zero-order valence-corrected chi connectivity index (χ0v) is 11.1. The van der Waals surface area contributed by atoms with Crippen LogP contribution in [0.2, 0.25) is 0 Å². The molecule has 0 bridgehead atoms. The largest absolute Gasteiger partial charge is 0.289 e. The van der Waals surface area contributed by atoms with Crippen LogP contribution in [0.3, 0.4) is 0 Å². The normalized spacial score (nSPS) is 13.5. The first-order chi connectivity index (χ1) is 8.08. The Morgan fingerprint density at radius 2 is 1.76 bits per heavy atom. The smallest absolute Gasteiger partial charge is 0.194 e. The second-order valence-electron chi connectivity index (χ2n) is 4.79. The lowest BCUT2D eigenvalue weighted by atomic mass is 9.84. The molecule has 0 spiro atoms. The van der Waals surface area contributed by atoms with E-state index in [0.717, 1.165) is 22.4 Å². The number of benzene rings is 1. The second-order valence-corrected chi connectivity index (χ2v) is 5.88. The Kier molecular flexibility index (Phi) is 2.23. The molecular weight excluding hydrogens is 228 g/mol. The van der Waals surface area contributed by atoms with Crippen molar-refractivity contribution in [3.63, 3.8) is 0 Å². The third-order valence-corrected chi connectivity index (χ3v) is 4.58. The van der Waals surface area contributed by atoms with Crippen LogP contribution < -0.4 is 0 Å². The summed E-state index contributed by atoms with van der Waals surface area (Å²) in [6.07, 6.45) is 0.905. The van der Waals surface area contributed by atoms with Crippen molar-refractivity contribution in [3.8, 4) is 0 Å². The standard InChI is InChI=1S/C15H14OS/c1-8-4-11-6-12-7-17-10(3)14(12)15(16)13(11)5-9(8)2/h4-5,7H,6H2,1-3H3. The van der Waals surface area contributed by atoms with Gasteiger partial charge in [-0.05, 0) is 60.9 Å². The average molecular weight is 242 g/mol. The van der Waals surface area contributed by atoms with E-state index < -0.39 is 0 Å². The maximum atomic E-state index is 12.5. The lowest BCUT2D eigenvalue weighted by molar-refractivity contribution is 0.103. The molecule has 0 aliphatic heterocycles. The summed E-state index contributed by atoms with van der Waals surface area (Å²) in [5.41, 5.74) is 6.71. The molecule has 0 unspecified atom stereocenters. The van der Waals surface area contributed by atoms with Gasteiger partial charge in [0.15, 0.2) is 5.78 Å². The predicted molar refractivity (Wildman–Crippen MR) is 71.2 cm³/mol. The number of hydrogen-bond acceptors (Lipinski definition) is 2. The van der Waals surface area contributed by atoms with Crippen molar-refractivity contribution in [3.05, 3.63) is 55.8 Å². The first-order valence-corrected chi connectivity index (χ1v) is 6.67. The number of aryl methyl sites for hydroxylation is 3. The molecule has 2 heteroatoms. The Morgan fingerprint density at radius 3 is 2.53 bits per heavy atom. The third-order valence-electron chi connectivity index (χ3n) is 3.62. The molecular formula is C15H14OS. The van der Waals surface area contributed by atoms with Crippen LogP contribution >= 0.6 is 11.3 Å². The van der Waals surface area contributed by atoms with Crippen molar-refractivity contribution in [2.45, 2.75) is 27.2 Å². The fourth-order valence-corrected chi connectivity index (χ4v) is 3.37. The molecule has 1 aliphatic carbocycles. The van der Waals surface area contributed by atoms with E-state index in [1.807, 2.05) is 13.0 Å². The quantitative estimate of drug-likeness (QED) is 0.586. The monoisotopic (exact) mass is 242 g/mol. The Balaban J connectivity index is 2.25. The maximum Gasteiger partial charge on any atom is 0.194 e. The van der Waals surface area contributed by atoms with E-state index in [1.54, 1.807) is 11.3 Å². The van der Waals surface area contributed by atoms with E-state index in [0.29, 0.717) is 0 Å². The van der Waals surface area contributed by atoms with Crippen molar-refractivity contribution in [1.82, 2.24) is 0 Å². The molecule has 1 nitrogen and oxygen atoms in total. The van der Waals surface area contributed by atoms with E-state index in [2.05, 4.69) is 25.3 Å². The molecule has 1 heterocycles. The minimum Gasteiger partial charge on any atom is -0.289 e. The summed E-state index contributed by atoms with van der Waals surface area (Å²) >= 11 is 1.68. The van der Waals surface area contributed by atoms with Gasteiger partial charge in [0, 0.05) is 16.0 Å². The summed E-state index contributed by atoms with van der Waals surface area (Å²) in [7, 11) is 0. The first-order valence-electron chi connectivity index (χ1n) is 5.79. The molecule has 2 aromatic rings. The van der Waals surface area contributed by atoms with Crippen LogP contribution in [0.1, 0.15) is 43.1 Å². The van der Waals surface area contributed by atoms with Gasteiger partial charge in [0.2, 0.25) is 0 Å². The molecule has 1 aliphatic rings. The lowest BCUT2D eigenvalue weighted by Gasteiger charge is -2.18. The van der Waals surface area contributed by atoms with Gasteiger partial charge < -0.3 is 0 Å². The van der Waals surface area contributed by atoms with Crippen LogP contribution in [-0.4, -0.2) is 5.78 Å². The van der Waals surface area contributed by atoms with Crippen molar-refractivity contribution in [1.29, 1.82) is 0 Å². The number of fused-ring (bicyclic) bond motifs is 2. The number of hydrogen-bond donors (Lipinski definition) is 0. The third kappa shape index (κ3) is 1.48. The highest BCUT2D eigenvalue weighted by molar-refractivity contribution is 7.10. The highest BCUT2D eigenvalue weighted by atomic mass is 32.1. The van der Waals surface area contributed by atoms with E-state index in [9.17, 15) is 4.79 Å². The number of ketones is 1. The highest BCUT2D eigenvalue weighted by Gasteiger charge is 2.26. The molecule has 1 aromatic heterocycles. The summed E-state index contributed by atoms with van der Waals surface area (Å²) in [6, 6.07) is 4.21. The van der Waals surface area contributed by atoms with Gasteiger partial charge >= 0.3 is 0 Å². The van der Waals surface area contributed by atoms with Gasteiger partial charge in [-0.15, -0.1) is 11.3 Å². The summed E-state index contributed by atoms with van der Waals surface area (Å²) in [4.78, 5) is 13.6. The van der Waals surface area contributed by atoms with Gasteiger partial charge in [-0.3, -0.25) is 4.79 Å². The fourth-order valence-electron chi connectivity index (χ4n) is 2.51. The van der Waals surface area contributed by atoms with E-state index >= 15 is 0 Å². The molecule has 0 N–H and O–H groups in total. The Hall–Kier alpha value is -1.41. The van der Waals surface area contributed by atoms with Gasteiger partial charge in [-0.25, -0.2) is 0 Å². The fraction of sp³-hybridized carbons (Fsp3) is 0.267. The molecule has 3 rings (SSSR count). The molecule has 0 saturated heterocycles. The highest BCUT2D eigenvalue weighted by Crippen LogP contribution is 2.33. The Bertz CT molecular complexity index is 635. The zero-order chi connectivity index (χ0) is 12.2. The van der Waals surface area contributed by atoms with Crippen molar-refractivity contribution < 1.29 is 4.79 Å². The van der Waals surface area contributed by atoms with Crippen molar-refractivity contribution in [2.75, 3.05) is 0 Å². The molecule has 0 saturated carbocycles. The van der Waals surface area contributed by atoms with Gasteiger partial charge in [0.1, 0.15) is 0 Å². The number of carbonyl (C=O) groups is 1. The van der Waals surface area contributed by atoms with E-state index in [1.165, 1.54) is 22.3 Å². The predicted octanol–water partition coefficient (Wildman–Crippen LogP) is 3.81. The topological polar surface area (TPSA) is 17.1 Å². The molecule has 0 radical (unpaired) electrons. The minimum atomic E-state index is 0.211. The average Bonchev–Trinajstić information content (AvgIpc) is 2.64.